The molecule has 0 bridgehead atoms. The Morgan fingerprint density at radius 1 is 1.32 bits per heavy atom. The number of likely N-dealkylation sites (tertiary alicyclic amines) is 1. The van der Waals surface area contributed by atoms with Gasteiger partial charge in [-0.25, -0.2) is 0 Å². The quantitative estimate of drug-likeness (QED) is 0.723. The second-order valence-electron chi connectivity index (χ2n) is 6.16. The standard InChI is InChI=1S/C18H28N2O2/c1-3-5-12-20-13-9-18(10-14-20,22-17(21)7-4-2)16-8-6-11-19-15-16/h6,8,11,15H,3-5,7,9-10,12-14H2,1-2H3. The van der Waals surface area contributed by atoms with Crippen molar-refractivity contribution in [3.05, 3.63) is 30.1 Å². The Hall–Kier alpha value is -1.42. The molecule has 4 nitrogen and oxygen atoms in total. The van der Waals surface area contributed by atoms with Crippen molar-refractivity contribution in [3.63, 3.8) is 0 Å². The van der Waals surface area contributed by atoms with Gasteiger partial charge in [-0.2, -0.15) is 0 Å². The van der Waals surface area contributed by atoms with Gasteiger partial charge in [-0.15, -0.1) is 0 Å². The summed E-state index contributed by atoms with van der Waals surface area (Å²) < 4.78 is 5.95. The summed E-state index contributed by atoms with van der Waals surface area (Å²) in [5.41, 5.74) is 0.554. The zero-order chi connectivity index (χ0) is 15.8. The molecule has 0 saturated carbocycles. The molecule has 2 heterocycles. The van der Waals surface area contributed by atoms with Gasteiger partial charge in [0.25, 0.3) is 0 Å². The van der Waals surface area contributed by atoms with Gasteiger partial charge in [0.15, 0.2) is 0 Å². The minimum Gasteiger partial charge on any atom is -0.454 e. The van der Waals surface area contributed by atoms with Crippen LogP contribution in [0.15, 0.2) is 24.5 Å². The molecule has 122 valence electrons. The Labute approximate surface area is 133 Å². The fraction of sp³-hybridized carbons (Fsp3) is 0.667. The highest BCUT2D eigenvalue weighted by molar-refractivity contribution is 5.70. The van der Waals surface area contributed by atoms with Crippen LogP contribution in [-0.4, -0.2) is 35.5 Å². The summed E-state index contributed by atoms with van der Waals surface area (Å²) >= 11 is 0. The van der Waals surface area contributed by atoms with Crippen molar-refractivity contribution in [2.24, 2.45) is 0 Å². The van der Waals surface area contributed by atoms with E-state index in [1.807, 2.05) is 25.3 Å². The van der Waals surface area contributed by atoms with Crippen molar-refractivity contribution in [3.8, 4) is 0 Å². The van der Waals surface area contributed by atoms with Crippen molar-refractivity contribution in [1.82, 2.24) is 9.88 Å². The van der Waals surface area contributed by atoms with Crippen LogP contribution in [0, 0.1) is 0 Å². The van der Waals surface area contributed by atoms with Crippen molar-refractivity contribution < 1.29 is 9.53 Å². The van der Waals surface area contributed by atoms with Gasteiger partial charge in [0, 0.05) is 50.3 Å². The van der Waals surface area contributed by atoms with Gasteiger partial charge in [0.2, 0.25) is 0 Å². The average molecular weight is 304 g/mol. The molecule has 0 radical (unpaired) electrons. The molecule has 2 rings (SSSR count). The molecule has 0 amide bonds. The summed E-state index contributed by atoms with van der Waals surface area (Å²) in [7, 11) is 0. The van der Waals surface area contributed by atoms with Crippen LogP contribution >= 0.6 is 0 Å². The van der Waals surface area contributed by atoms with Crippen LogP contribution < -0.4 is 0 Å². The van der Waals surface area contributed by atoms with Gasteiger partial charge in [0.1, 0.15) is 5.60 Å². The Morgan fingerprint density at radius 3 is 2.68 bits per heavy atom. The molecular weight excluding hydrogens is 276 g/mol. The molecule has 0 aromatic carbocycles. The van der Waals surface area contributed by atoms with Crippen LogP contribution in [0.5, 0.6) is 0 Å². The van der Waals surface area contributed by atoms with Gasteiger partial charge in [-0.05, 0) is 25.5 Å². The van der Waals surface area contributed by atoms with E-state index in [9.17, 15) is 4.79 Å². The third kappa shape index (κ3) is 4.29. The highest BCUT2D eigenvalue weighted by Gasteiger charge is 2.39. The zero-order valence-electron chi connectivity index (χ0n) is 13.9. The third-order valence-corrected chi connectivity index (χ3v) is 4.44. The molecule has 1 aromatic heterocycles. The maximum absolute atomic E-state index is 12.1. The predicted octanol–water partition coefficient (Wildman–Crippen LogP) is 3.52. The third-order valence-electron chi connectivity index (χ3n) is 4.44. The number of hydrogen-bond acceptors (Lipinski definition) is 4. The molecule has 1 aromatic rings. The highest BCUT2D eigenvalue weighted by Crippen LogP contribution is 2.37. The summed E-state index contributed by atoms with van der Waals surface area (Å²) in [4.78, 5) is 18.8. The topological polar surface area (TPSA) is 42.4 Å². The summed E-state index contributed by atoms with van der Waals surface area (Å²) in [6.45, 7) is 7.33. The Balaban J connectivity index is 2.09. The number of carbonyl (C=O) groups excluding carboxylic acids is 1. The van der Waals surface area contributed by atoms with E-state index < -0.39 is 5.60 Å². The summed E-state index contributed by atoms with van der Waals surface area (Å²) in [5, 5.41) is 0. The summed E-state index contributed by atoms with van der Waals surface area (Å²) in [6, 6.07) is 3.96. The van der Waals surface area contributed by atoms with Gasteiger partial charge in [-0.3, -0.25) is 9.78 Å². The fourth-order valence-corrected chi connectivity index (χ4v) is 3.07. The highest BCUT2D eigenvalue weighted by atomic mass is 16.6. The van der Waals surface area contributed by atoms with E-state index in [1.165, 1.54) is 12.8 Å². The number of piperidine rings is 1. The van der Waals surface area contributed by atoms with Crippen molar-refractivity contribution >= 4 is 5.97 Å². The summed E-state index contributed by atoms with van der Waals surface area (Å²) in [5.74, 6) is -0.0895. The van der Waals surface area contributed by atoms with E-state index in [1.54, 1.807) is 6.20 Å². The van der Waals surface area contributed by atoms with Crippen LogP contribution in [0.25, 0.3) is 0 Å². The van der Waals surface area contributed by atoms with E-state index in [0.29, 0.717) is 6.42 Å². The van der Waals surface area contributed by atoms with Crippen molar-refractivity contribution in [1.29, 1.82) is 0 Å². The van der Waals surface area contributed by atoms with Crippen LogP contribution in [0.4, 0.5) is 0 Å². The number of nitrogens with zero attached hydrogens (tertiary/aromatic N) is 2. The number of pyridine rings is 1. The Morgan fingerprint density at radius 2 is 2.09 bits per heavy atom. The van der Waals surface area contributed by atoms with E-state index in [4.69, 9.17) is 4.74 Å². The van der Waals surface area contributed by atoms with Crippen molar-refractivity contribution in [2.75, 3.05) is 19.6 Å². The molecule has 1 aliphatic heterocycles. The summed E-state index contributed by atoms with van der Waals surface area (Å²) in [6.07, 6.45) is 9.09. The maximum atomic E-state index is 12.1. The molecule has 1 saturated heterocycles. The fourth-order valence-electron chi connectivity index (χ4n) is 3.07. The molecule has 1 fully saturated rings. The van der Waals surface area contributed by atoms with E-state index >= 15 is 0 Å². The molecule has 4 heteroatoms. The van der Waals surface area contributed by atoms with Gasteiger partial charge in [-0.1, -0.05) is 26.3 Å². The van der Waals surface area contributed by atoms with Gasteiger partial charge >= 0.3 is 5.97 Å². The minimum absolute atomic E-state index is 0.0895. The first-order valence-corrected chi connectivity index (χ1v) is 8.55. The number of unbranched alkanes of at least 4 members (excludes halogenated alkanes) is 1. The smallest absolute Gasteiger partial charge is 0.306 e. The first-order chi connectivity index (χ1) is 10.7. The van der Waals surface area contributed by atoms with Crippen molar-refractivity contribution in [2.45, 2.75) is 58.0 Å². The molecule has 0 spiro atoms. The molecule has 0 unspecified atom stereocenters. The number of carbonyl (C=O) groups is 1. The average Bonchev–Trinajstić information content (AvgIpc) is 2.55. The Bertz CT molecular complexity index is 453. The largest absolute Gasteiger partial charge is 0.454 e. The lowest BCUT2D eigenvalue weighted by molar-refractivity contribution is -0.167. The van der Waals surface area contributed by atoms with Gasteiger partial charge in [0.05, 0.1) is 0 Å². The number of rotatable bonds is 7. The Kier molecular flexibility index (Phi) is 6.37. The van der Waals surface area contributed by atoms with Crippen LogP contribution in [-0.2, 0) is 15.1 Å². The number of ether oxygens (including phenoxy) is 1. The van der Waals surface area contributed by atoms with E-state index in [2.05, 4.69) is 16.8 Å². The number of aromatic nitrogens is 1. The van der Waals surface area contributed by atoms with E-state index in [-0.39, 0.29) is 5.97 Å². The molecule has 1 aliphatic rings. The minimum atomic E-state index is -0.483. The van der Waals surface area contributed by atoms with Crippen LogP contribution in [0.2, 0.25) is 0 Å². The zero-order valence-corrected chi connectivity index (χ0v) is 13.9. The second-order valence-corrected chi connectivity index (χ2v) is 6.16. The lowest BCUT2D eigenvalue weighted by Gasteiger charge is -2.41. The predicted molar refractivity (Wildman–Crippen MR) is 87.5 cm³/mol. The van der Waals surface area contributed by atoms with E-state index in [0.717, 1.165) is 44.5 Å². The normalized spacial score (nSPS) is 18.1. The molecule has 22 heavy (non-hydrogen) atoms. The SMILES string of the molecule is CCCCN1CCC(OC(=O)CCC)(c2cccnc2)CC1. The maximum Gasteiger partial charge on any atom is 0.306 e. The van der Waals surface area contributed by atoms with Crippen LogP contribution in [0.1, 0.15) is 57.9 Å². The van der Waals surface area contributed by atoms with Crippen LogP contribution in [0.3, 0.4) is 0 Å². The lowest BCUT2D eigenvalue weighted by atomic mass is 9.84. The first kappa shape index (κ1) is 16.9. The lowest BCUT2D eigenvalue weighted by Crippen LogP contribution is -2.45. The first-order valence-electron chi connectivity index (χ1n) is 8.55. The monoisotopic (exact) mass is 304 g/mol. The molecular formula is C18H28N2O2. The number of hydrogen-bond donors (Lipinski definition) is 0. The van der Waals surface area contributed by atoms with Gasteiger partial charge < -0.3 is 9.64 Å². The molecule has 0 atom stereocenters. The number of esters is 1. The molecule has 0 N–H and O–H groups in total. The molecule has 0 aliphatic carbocycles. The second kappa shape index (κ2) is 8.28.